The lowest BCUT2D eigenvalue weighted by Crippen LogP contribution is -2.32. The van der Waals surface area contributed by atoms with Gasteiger partial charge in [0.25, 0.3) is 0 Å². The lowest BCUT2D eigenvalue weighted by atomic mass is 9.87. The zero-order valence-electron chi connectivity index (χ0n) is 9.42. The van der Waals surface area contributed by atoms with Gasteiger partial charge in [0.15, 0.2) is 0 Å². The van der Waals surface area contributed by atoms with Crippen molar-refractivity contribution >= 4 is 0 Å². The maximum Gasteiger partial charge on any atom is 0.130 e. The maximum absolute atomic E-state index is 14.0. The minimum absolute atomic E-state index is 0.0160. The van der Waals surface area contributed by atoms with Crippen molar-refractivity contribution in [1.29, 1.82) is 0 Å². The number of rotatable bonds is 2. The van der Waals surface area contributed by atoms with Crippen molar-refractivity contribution in [3.8, 4) is 5.75 Å². The quantitative estimate of drug-likeness (QED) is 0.830. The van der Waals surface area contributed by atoms with Gasteiger partial charge in [0, 0.05) is 23.4 Å². The normalized spacial score (nSPS) is 22.4. The van der Waals surface area contributed by atoms with Crippen LogP contribution in [0.2, 0.25) is 0 Å². The third-order valence-corrected chi connectivity index (χ3v) is 3.96. The van der Waals surface area contributed by atoms with Crippen molar-refractivity contribution in [2.45, 2.75) is 37.6 Å². The molecule has 2 N–H and O–H groups in total. The Hall–Kier alpha value is -1.09. The fraction of sp³-hybridized carbons (Fsp3) is 0.538. The van der Waals surface area contributed by atoms with E-state index in [4.69, 9.17) is 10.5 Å². The zero-order valence-corrected chi connectivity index (χ0v) is 9.42. The molecule has 1 fully saturated rings. The Morgan fingerprint density at radius 2 is 2.19 bits per heavy atom. The first-order chi connectivity index (χ1) is 7.65. The van der Waals surface area contributed by atoms with Gasteiger partial charge >= 0.3 is 0 Å². The van der Waals surface area contributed by atoms with Crippen molar-refractivity contribution in [3.05, 3.63) is 29.1 Å². The van der Waals surface area contributed by atoms with Crippen LogP contribution in [0.15, 0.2) is 12.1 Å². The van der Waals surface area contributed by atoms with Crippen molar-refractivity contribution in [2.75, 3.05) is 6.61 Å². The first kappa shape index (κ1) is 10.1. The topological polar surface area (TPSA) is 35.2 Å². The van der Waals surface area contributed by atoms with Crippen molar-refractivity contribution in [3.63, 3.8) is 0 Å². The smallest absolute Gasteiger partial charge is 0.130 e. The summed E-state index contributed by atoms with van der Waals surface area (Å²) in [4.78, 5) is 0. The van der Waals surface area contributed by atoms with Gasteiger partial charge in [-0.1, -0.05) is 6.07 Å². The Balaban J connectivity index is 2.17. The molecule has 0 amide bonds. The highest BCUT2D eigenvalue weighted by Crippen LogP contribution is 2.55. The molecule has 0 saturated heterocycles. The predicted molar refractivity (Wildman–Crippen MR) is 60.2 cm³/mol. The molecule has 86 valence electrons. The second kappa shape index (κ2) is 3.20. The van der Waals surface area contributed by atoms with E-state index in [1.165, 1.54) is 0 Å². The van der Waals surface area contributed by atoms with Gasteiger partial charge in [-0.3, -0.25) is 0 Å². The monoisotopic (exact) mass is 221 g/mol. The number of hydrogen-bond donors (Lipinski definition) is 1. The van der Waals surface area contributed by atoms with Crippen LogP contribution in [0.5, 0.6) is 5.75 Å². The van der Waals surface area contributed by atoms with Crippen LogP contribution < -0.4 is 10.5 Å². The van der Waals surface area contributed by atoms with E-state index in [-0.39, 0.29) is 17.3 Å². The Kier molecular flexibility index (Phi) is 2.02. The lowest BCUT2D eigenvalue weighted by Gasteiger charge is -2.23. The molecule has 3 heteroatoms. The van der Waals surface area contributed by atoms with Crippen molar-refractivity contribution in [1.82, 2.24) is 0 Å². The Morgan fingerprint density at radius 1 is 1.44 bits per heavy atom. The number of halogens is 1. The average molecular weight is 221 g/mol. The lowest BCUT2D eigenvalue weighted by molar-refractivity contribution is 0.343. The molecular weight excluding hydrogens is 205 g/mol. The van der Waals surface area contributed by atoms with E-state index in [0.29, 0.717) is 6.61 Å². The van der Waals surface area contributed by atoms with E-state index >= 15 is 0 Å². The summed E-state index contributed by atoms with van der Waals surface area (Å²) < 4.78 is 19.6. The highest BCUT2D eigenvalue weighted by Gasteiger charge is 2.51. The van der Waals surface area contributed by atoms with E-state index < -0.39 is 0 Å². The molecule has 1 saturated carbocycles. The van der Waals surface area contributed by atoms with Crippen LogP contribution in [0.1, 0.15) is 30.9 Å². The molecule has 0 spiro atoms. The summed E-state index contributed by atoms with van der Waals surface area (Å²) in [7, 11) is 0. The fourth-order valence-corrected chi connectivity index (χ4v) is 2.76. The Morgan fingerprint density at radius 3 is 2.81 bits per heavy atom. The molecular formula is C13H16FNO. The van der Waals surface area contributed by atoms with Crippen LogP contribution in [0, 0.1) is 5.82 Å². The number of fused-ring (bicyclic) bond motifs is 1. The van der Waals surface area contributed by atoms with Gasteiger partial charge < -0.3 is 10.5 Å². The van der Waals surface area contributed by atoms with Gasteiger partial charge in [0.05, 0.1) is 6.61 Å². The van der Waals surface area contributed by atoms with Gasteiger partial charge in [-0.2, -0.15) is 0 Å². The SMILES string of the molecule is CC(N)C1(c2c(F)ccc3c2OCC3)CC1. The maximum atomic E-state index is 14.0. The summed E-state index contributed by atoms with van der Waals surface area (Å²) in [6.07, 6.45) is 2.83. The van der Waals surface area contributed by atoms with Gasteiger partial charge in [-0.05, 0) is 31.4 Å². The van der Waals surface area contributed by atoms with E-state index in [9.17, 15) is 4.39 Å². The van der Waals surface area contributed by atoms with E-state index in [1.807, 2.05) is 13.0 Å². The largest absolute Gasteiger partial charge is 0.493 e. The molecule has 1 aromatic rings. The summed E-state index contributed by atoms with van der Waals surface area (Å²) in [5, 5.41) is 0. The molecule has 1 aliphatic heterocycles. The summed E-state index contributed by atoms with van der Waals surface area (Å²) >= 11 is 0. The first-order valence-corrected chi connectivity index (χ1v) is 5.85. The molecule has 0 radical (unpaired) electrons. The van der Waals surface area contributed by atoms with Crippen LogP contribution in [-0.4, -0.2) is 12.6 Å². The van der Waals surface area contributed by atoms with E-state index in [1.54, 1.807) is 6.07 Å². The third-order valence-electron chi connectivity index (χ3n) is 3.96. The molecule has 3 rings (SSSR count). The van der Waals surface area contributed by atoms with Gasteiger partial charge in [0.2, 0.25) is 0 Å². The number of benzene rings is 1. The fourth-order valence-electron chi connectivity index (χ4n) is 2.76. The summed E-state index contributed by atoms with van der Waals surface area (Å²) in [6, 6.07) is 3.38. The first-order valence-electron chi connectivity index (χ1n) is 5.85. The highest BCUT2D eigenvalue weighted by atomic mass is 19.1. The average Bonchev–Trinajstić information content (AvgIpc) is 2.90. The van der Waals surface area contributed by atoms with E-state index in [0.717, 1.165) is 36.1 Å². The summed E-state index contributed by atoms with van der Waals surface area (Å²) in [5.74, 6) is 0.616. The van der Waals surface area contributed by atoms with Crippen LogP contribution in [0.4, 0.5) is 4.39 Å². The van der Waals surface area contributed by atoms with Gasteiger partial charge in [-0.15, -0.1) is 0 Å². The molecule has 2 nitrogen and oxygen atoms in total. The second-order valence-corrected chi connectivity index (χ2v) is 4.95. The Labute approximate surface area is 94.6 Å². The minimum atomic E-state index is -0.167. The Bertz CT molecular complexity index is 438. The van der Waals surface area contributed by atoms with Crippen molar-refractivity contribution < 1.29 is 9.13 Å². The van der Waals surface area contributed by atoms with Crippen LogP contribution in [-0.2, 0) is 11.8 Å². The molecule has 1 aromatic carbocycles. The molecule has 16 heavy (non-hydrogen) atoms. The molecule has 1 unspecified atom stereocenters. The zero-order chi connectivity index (χ0) is 11.3. The standard InChI is InChI=1S/C13H16FNO/c1-8(15)13(5-6-13)11-10(14)3-2-9-4-7-16-12(9)11/h2-3,8H,4-7,15H2,1H3. The van der Waals surface area contributed by atoms with Crippen LogP contribution in [0.3, 0.4) is 0 Å². The highest BCUT2D eigenvalue weighted by molar-refractivity contribution is 5.52. The third kappa shape index (κ3) is 1.21. The molecule has 0 bridgehead atoms. The number of ether oxygens (including phenoxy) is 1. The predicted octanol–water partition coefficient (Wildman–Crippen LogP) is 2.14. The van der Waals surface area contributed by atoms with E-state index in [2.05, 4.69) is 0 Å². The van der Waals surface area contributed by atoms with Gasteiger partial charge in [0.1, 0.15) is 11.6 Å². The number of hydrogen-bond acceptors (Lipinski definition) is 2. The molecule has 2 aliphatic rings. The molecule has 1 aliphatic carbocycles. The molecule has 1 atom stereocenters. The second-order valence-electron chi connectivity index (χ2n) is 4.95. The van der Waals surface area contributed by atoms with Crippen molar-refractivity contribution in [2.24, 2.45) is 5.73 Å². The number of nitrogens with two attached hydrogens (primary N) is 1. The van der Waals surface area contributed by atoms with Crippen LogP contribution >= 0.6 is 0 Å². The summed E-state index contributed by atoms with van der Waals surface area (Å²) in [6.45, 7) is 2.63. The van der Waals surface area contributed by atoms with Crippen LogP contribution in [0.25, 0.3) is 0 Å². The minimum Gasteiger partial charge on any atom is -0.493 e. The summed E-state index contributed by atoms with van der Waals surface area (Å²) in [5.41, 5.74) is 7.70. The molecule has 0 aromatic heterocycles. The molecule has 1 heterocycles. The van der Waals surface area contributed by atoms with Gasteiger partial charge in [-0.25, -0.2) is 4.39 Å².